The van der Waals surface area contributed by atoms with Crippen molar-refractivity contribution in [1.29, 1.82) is 0 Å². The summed E-state index contributed by atoms with van der Waals surface area (Å²) in [7, 11) is 1.82. The van der Waals surface area contributed by atoms with Crippen LogP contribution in [0, 0.1) is 0 Å². The van der Waals surface area contributed by atoms with Gasteiger partial charge in [-0.2, -0.15) is 11.8 Å². The highest BCUT2D eigenvalue weighted by molar-refractivity contribution is 7.98. The Hall–Kier alpha value is -0.870. The molecule has 1 unspecified atom stereocenters. The minimum absolute atomic E-state index is 0.0227. The van der Waals surface area contributed by atoms with E-state index in [1.54, 1.807) is 34.9 Å². The lowest BCUT2D eigenvalue weighted by molar-refractivity contribution is 0.0741. The topological polar surface area (TPSA) is 46.3 Å². The van der Waals surface area contributed by atoms with E-state index >= 15 is 0 Å². The van der Waals surface area contributed by atoms with E-state index in [1.165, 1.54) is 0 Å². The van der Waals surface area contributed by atoms with E-state index in [9.17, 15) is 4.79 Å². The number of benzene rings is 1. The van der Waals surface area contributed by atoms with Crippen LogP contribution in [0.1, 0.15) is 23.7 Å². The highest BCUT2D eigenvalue weighted by atomic mass is 35.5. The molecule has 0 aliphatic heterocycles. The van der Waals surface area contributed by atoms with Crippen molar-refractivity contribution in [3.8, 4) is 0 Å². The van der Waals surface area contributed by atoms with Gasteiger partial charge >= 0.3 is 0 Å². The lowest BCUT2D eigenvalue weighted by Gasteiger charge is -2.25. The molecule has 0 heterocycles. The molecular formula is C13H19ClN2OS. The predicted molar refractivity (Wildman–Crippen MR) is 80.4 cm³/mol. The molecule has 100 valence electrons. The molecule has 0 saturated heterocycles. The average molecular weight is 287 g/mol. The van der Waals surface area contributed by atoms with Crippen molar-refractivity contribution in [2.45, 2.75) is 19.4 Å². The summed E-state index contributed by atoms with van der Waals surface area (Å²) in [5.74, 6) is 1.02. The molecular weight excluding hydrogens is 268 g/mol. The number of carbonyl (C=O) groups is 1. The molecule has 0 radical (unpaired) electrons. The predicted octanol–water partition coefficient (Wildman–Crippen LogP) is 3.14. The zero-order valence-electron chi connectivity index (χ0n) is 10.9. The highest BCUT2D eigenvalue weighted by Gasteiger charge is 2.17. The molecule has 0 aliphatic rings. The molecule has 5 heteroatoms. The molecule has 0 aromatic heterocycles. The van der Waals surface area contributed by atoms with Crippen LogP contribution in [-0.2, 0) is 0 Å². The van der Waals surface area contributed by atoms with Crippen molar-refractivity contribution in [3.63, 3.8) is 0 Å². The molecule has 0 fully saturated rings. The van der Waals surface area contributed by atoms with Gasteiger partial charge in [0.15, 0.2) is 0 Å². The molecule has 1 atom stereocenters. The number of hydrogen-bond acceptors (Lipinski definition) is 3. The van der Waals surface area contributed by atoms with Crippen molar-refractivity contribution in [2.24, 2.45) is 0 Å². The van der Waals surface area contributed by atoms with Crippen LogP contribution >= 0.6 is 23.4 Å². The van der Waals surface area contributed by atoms with Crippen LogP contribution in [0.3, 0.4) is 0 Å². The minimum atomic E-state index is -0.0227. The highest BCUT2D eigenvalue weighted by Crippen LogP contribution is 2.21. The number of carbonyl (C=O) groups excluding carboxylic acids is 1. The van der Waals surface area contributed by atoms with Gasteiger partial charge in [0.05, 0.1) is 10.7 Å². The van der Waals surface area contributed by atoms with Crippen LogP contribution in [0.5, 0.6) is 0 Å². The third-order valence-corrected chi connectivity index (χ3v) is 3.94. The first-order chi connectivity index (χ1) is 8.47. The lowest BCUT2D eigenvalue weighted by Crippen LogP contribution is -2.35. The molecule has 0 bridgehead atoms. The Morgan fingerprint density at radius 1 is 1.56 bits per heavy atom. The van der Waals surface area contributed by atoms with Gasteiger partial charge in [-0.15, -0.1) is 0 Å². The number of nitrogens with zero attached hydrogens (tertiary/aromatic N) is 1. The summed E-state index contributed by atoms with van der Waals surface area (Å²) in [4.78, 5) is 14.0. The molecule has 0 saturated carbocycles. The summed E-state index contributed by atoms with van der Waals surface area (Å²) >= 11 is 7.71. The van der Waals surface area contributed by atoms with Gasteiger partial charge < -0.3 is 10.6 Å². The van der Waals surface area contributed by atoms with Gasteiger partial charge in [0.2, 0.25) is 0 Å². The van der Waals surface area contributed by atoms with E-state index in [-0.39, 0.29) is 11.9 Å². The Balaban J connectivity index is 2.76. The largest absolute Gasteiger partial charge is 0.398 e. The number of thioether (sulfide) groups is 1. The van der Waals surface area contributed by atoms with E-state index in [4.69, 9.17) is 17.3 Å². The van der Waals surface area contributed by atoms with E-state index < -0.39 is 0 Å². The van der Waals surface area contributed by atoms with E-state index in [2.05, 4.69) is 6.26 Å². The summed E-state index contributed by atoms with van der Waals surface area (Å²) in [6, 6.07) is 5.20. The Labute approximate surface area is 118 Å². The van der Waals surface area contributed by atoms with Gasteiger partial charge in [-0.3, -0.25) is 4.79 Å². The van der Waals surface area contributed by atoms with Crippen LogP contribution in [0.2, 0.25) is 5.02 Å². The molecule has 1 aromatic carbocycles. The summed E-state index contributed by atoms with van der Waals surface area (Å²) in [5.41, 5.74) is 6.70. The summed E-state index contributed by atoms with van der Waals surface area (Å²) in [6.45, 7) is 2.05. The second kappa shape index (κ2) is 6.90. The second-order valence-corrected chi connectivity index (χ2v) is 5.68. The molecule has 3 nitrogen and oxygen atoms in total. The smallest absolute Gasteiger partial charge is 0.253 e. The van der Waals surface area contributed by atoms with E-state index in [1.807, 2.05) is 14.0 Å². The molecule has 1 amide bonds. The molecule has 0 aliphatic carbocycles. The number of rotatable bonds is 5. The number of halogens is 1. The number of hydrogen-bond donors (Lipinski definition) is 1. The number of amides is 1. The molecule has 2 N–H and O–H groups in total. The van der Waals surface area contributed by atoms with Crippen molar-refractivity contribution < 1.29 is 4.79 Å². The Kier molecular flexibility index (Phi) is 5.82. The van der Waals surface area contributed by atoms with Crippen molar-refractivity contribution >= 4 is 35.0 Å². The Bertz CT molecular complexity index is 425. The van der Waals surface area contributed by atoms with E-state index in [0.29, 0.717) is 16.3 Å². The summed E-state index contributed by atoms with van der Waals surface area (Å²) in [6.07, 6.45) is 3.04. The fourth-order valence-electron chi connectivity index (χ4n) is 1.55. The first-order valence-electron chi connectivity index (χ1n) is 5.78. The zero-order chi connectivity index (χ0) is 13.7. The number of nitrogens with two attached hydrogens (primary N) is 1. The fourth-order valence-corrected chi connectivity index (χ4v) is 2.30. The monoisotopic (exact) mass is 286 g/mol. The zero-order valence-corrected chi connectivity index (χ0v) is 12.5. The normalized spacial score (nSPS) is 12.2. The third-order valence-electron chi connectivity index (χ3n) is 2.97. The summed E-state index contributed by atoms with van der Waals surface area (Å²) < 4.78 is 0. The van der Waals surface area contributed by atoms with Gasteiger partial charge in [-0.1, -0.05) is 11.6 Å². The van der Waals surface area contributed by atoms with Crippen LogP contribution in [-0.4, -0.2) is 35.9 Å². The molecule has 1 rings (SSSR count). The maximum absolute atomic E-state index is 12.2. The number of anilines is 1. The van der Waals surface area contributed by atoms with Crippen molar-refractivity contribution in [1.82, 2.24) is 4.90 Å². The summed E-state index contributed by atoms with van der Waals surface area (Å²) in [5, 5.41) is 0.422. The van der Waals surface area contributed by atoms with Gasteiger partial charge in [0, 0.05) is 18.7 Å². The molecule has 1 aromatic rings. The first-order valence-corrected chi connectivity index (χ1v) is 7.55. The first kappa shape index (κ1) is 15.2. The molecule has 18 heavy (non-hydrogen) atoms. The van der Waals surface area contributed by atoms with E-state index in [0.717, 1.165) is 12.2 Å². The SMILES string of the molecule is CSCCC(C)N(C)C(=O)c1ccc(N)c(Cl)c1. The van der Waals surface area contributed by atoms with Crippen LogP contribution in [0.15, 0.2) is 18.2 Å². The quantitative estimate of drug-likeness (QED) is 0.846. The van der Waals surface area contributed by atoms with Crippen molar-refractivity contribution in [3.05, 3.63) is 28.8 Å². The fraction of sp³-hybridized carbons (Fsp3) is 0.462. The van der Waals surface area contributed by atoms with Crippen molar-refractivity contribution in [2.75, 3.05) is 24.8 Å². The second-order valence-electron chi connectivity index (χ2n) is 4.28. The third kappa shape index (κ3) is 3.82. The average Bonchev–Trinajstić information content (AvgIpc) is 2.37. The maximum atomic E-state index is 12.2. The van der Waals surface area contributed by atoms with Gasteiger partial charge in [-0.25, -0.2) is 0 Å². The lowest BCUT2D eigenvalue weighted by atomic mass is 10.1. The van der Waals surface area contributed by atoms with Crippen LogP contribution in [0.25, 0.3) is 0 Å². The molecule has 0 spiro atoms. The van der Waals surface area contributed by atoms with Crippen LogP contribution < -0.4 is 5.73 Å². The van der Waals surface area contributed by atoms with Gasteiger partial charge in [-0.05, 0) is 43.6 Å². The Morgan fingerprint density at radius 2 is 2.22 bits per heavy atom. The van der Waals surface area contributed by atoms with Gasteiger partial charge in [0.25, 0.3) is 5.91 Å². The van der Waals surface area contributed by atoms with Gasteiger partial charge in [0.1, 0.15) is 0 Å². The Morgan fingerprint density at radius 3 is 2.78 bits per heavy atom. The minimum Gasteiger partial charge on any atom is -0.398 e. The van der Waals surface area contributed by atoms with Crippen LogP contribution in [0.4, 0.5) is 5.69 Å². The number of nitrogen functional groups attached to an aromatic ring is 1. The maximum Gasteiger partial charge on any atom is 0.253 e. The standard InChI is InChI=1S/C13H19ClN2OS/c1-9(6-7-18-3)16(2)13(17)10-4-5-12(15)11(14)8-10/h4-5,8-9H,6-7,15H2,1-3H3.